The van der Waals surface area contributed by atoms with Gasteiger partial charge < -0.3 is 24.1 Å². The Kier molecular flexibility index (Phi) is 6.97. The molecule has 0 aliphatic carbocycles. The highest BCUT2D eigenvalue weighted by molar-refractivity contribution is 6.30. The van der Waals surface area contributed by atoms with E-state index in [0.717, 1.165) is 11.3 Å². The lowest BCUT2D eigenvalue weighted by Gasteiger charge is -2.26. The Balaban J connectivity index is 1.41. The van der Waals surface area contributed by atoms with Crippen molar-refractivity contribution in [3.8, 4) is 5.75 Å². The molecule has 4 rings (SSSR count). The molecule has 168 valence electrons. The molecule has 0 radical (unpaired) electrons. The summed E-state index contributed by atoms with van der Waals surface area (Å²) in [6.45, 7) is 4.27. The standard InChI is InChI=1S/C24H25ClN2O5/c1-16-15-17(25)8-9-19(16)31-12-4-7-21(28)26-22-18-5-2-3-6-20(18)32-23(22)24(29)27-10-13-30-14-11-27/h2-3,5-6,8-9,15H,4,7,10-14H2,1H3,(H,26,28). The summed E-state index contributed by atoms with van der Waals surface area (Å²) in [6.07, 6.45) is 0.772. The van der Waals surface area contributed by atoms with Gasteiger partial charge in [0.15, 0.2) is 0 Å². The number of carbonyl (C=O) groups is 2. The van der Waals surface area contributed by atoms with E-state index < -0.39 is 0 Å². The number of halogens is 1. The Hall–Kier alpha value is -3.03. The molecule has 1 saturated heterocycles. The molecule has 0 atom stereocenters. The van der Waals surface area contributed by atoms with Gasteiger partial charge in [-0.3, -0.25) is 9.59 Å². The number of para-hydroxylation sites is 1. The number of amides is 2. The maximum Gasteiger partial charge on any atom is 0.291 e. The third-order valence-electron chi connectivity index (χ3n) is 5.30. The topological polar surface area (TPSA) is 81.0 Å². The summed E-state index contributed by atoms with van der Waals surface area (Å²) in [5.41, 5.74) is 1.91. The number of carbonyl (C=O) groups excluding carboxylic acids is 2. The van der Waals surface area contributed by atoms with Gasteiger partial charge in [-0.1, -0.05) is 23.7 Å². The van der Waals surface area contributed by atoms with Crippen LogP contribution in [0.5, 0.6) is 5.75 Å². The van der Waals surface area contributed by atoms with Crippen LogP contribution in [0.15, 0.2) is 46.9 Å². The van der Waals surface area contributed by atoms with Crippen LogP contribution in [0.2, 0.25) is 5.02 Å². The van der Waals surface area contributed by atoms with Crippen LogP contribution in [0.1, 0.15) is 29.0 Å². The summed E-state index contributed by atoms with van der Waals surface area (Å²) in [6, 6.07) is 12.7. The number of rotatable bonds is 7. The van der Waals surface area contributed by atoms with Crippen molar-refractivity contribution in [1.29, 1.82) is 0 Å². The fraction of sp³-hybridized carbons (Fsp3) is 0.333. The Labute approximate surface area is 191 Å². The van der Waals surface area contributed by atoms with Gasteiger partial charge in [-0.15, -0.1) is 0 Å². The van der Waals surface area contributed by atoms with Crippen molar-refractivity contribution >= 4 is 40.1 Å². The van der Waals surface area contributed by atoms with Crippen molar-refractivity contribution < 1.29 is 23.5 Å². The molecule has 1 N–H and O–H groups in total. The van der Waals surface area contributed by atoms with Gasteiger partial charge in [-0.25, -0.2) is 0 Å². The first-order valence-electron chi connectivity index (χ1n) is 10.6. The van der Waals surface area contributed by atoms with Crippen LogP contribution in [0.3, 0.4) is 0 Å². The largest absolute Gasteiger partial charge is 0.493 e. The van der Waals surface area contributed by atoms with E-state index in [1.807, 2.05) is 37.3 Å². The first-order chi connectivity index (χ1) is 15.5. The Morgan fingerprint density at radius 2 is 1.94 bits per heavy atom. The second kappa shape index (κ2) is 10.1. The molecule has 2 aromatic carbocycles. The number of aryl methyl sites for hydroxylation is 1. The van der Waals surface area contributed by atoms with Gasteiger partial charge in [0.2, 0.25) is 11.7 Å². The molecule has 2 amide bonds. The van der Waals surface area contributed by atoms with Crippen LogP contribution in [-0.4, -0.2) is 49.6 Å². The van der Waals surface area contributed by atoms with E-state index in [4.69, 9.17) is 25.5 Å². The van der Waals surface area contributed by atoms with Crippen LogP contribution < -0.4 is 10.1 Å². The minimum Gasteiger partial charge on any atom is -0.493 e. The third-order valence-corrected chi connectivity index (χ3v) is 5.53. The summed E-state index contributed by atoms with van der Waals surface area (Å²) < 4.78 is 16.9. The number of hydrogen-bond acceptors (Lipinski definition) is 5. The fourth-order valence-electron chi connectivity index (χ4n) is 3.62. The molecule has 0 saturated carbocycles. The second-order valence-electron chi connectivity index (χ2n) is 7.62. The molecule has 8 heteroatoms. The van der Waals surface area contributed by atoms with Gasteiger partial charge in [-0.05, 0) is 49.2 Å². The van der Waals surface area contributed by atoms with E-state index in [1.54, 1.807) is 17.0 Å². The lowest BCUT2D eigenvalue weighted by atomic mass is 10.2. The molecule has 1 fully saturated rings. The molecule has 32 heavy (non-hydrogen) atoms. The number of benzene rings is 2. The number of ether oxygens (including phenoxy) is 2. The number of furan rings is 1. The first-order valence-corrected chi connectivity index (χ1v) is 11.0. The van der Waals surface area contributed by atoms with E-state index in [2.05, 4.69) is 5.32 Å². The summed E-state index contributed by atoms with van der Waals surface area (Å²) in [4.78, 5) is 27.4. The minimum atomic E-state index is -0.249. The van der Waals surface area contributed by atoms with Crippen molar-refractivity contribution in [2.75, 3.05) is 38.2 Å². The van der Waals surface area contributed by atoms with Crippen molar-refractivity contribution in [3.05, 3.63) is 58.8 Å². The molecule has 0 bridgehead atoms. The predicted molar refractivity (Wildman–Crippen MR) is 122 cm³/mol. The summed E-state index contributed by atoms with van der Waals surface area (Å²) in [5.74, 6) is 0.439. The molecule has 1 aromatic heterocycles. The zero-order valence-corrected chi connectivity index (χ0v) is 18.6. The lowest BCUT2D eigenvalue weighted by molar-refractivity contribution is -0.116. The molecule has 1 aliphatic heterocycles. The Morgan fingerprint density at radius 3 is 2.72 bits per heavy atom. The maximum atomic E-state index is 13.0. The number of hydrogen-bond donors (Lipinski definition) is 1. The van der Waals surface area contributed by atoms with Gasteiger partial charge in [0.05, 0.1) is 19.8 Å². The highest BCUT2D eigenvalue weighted by Gasteiger charge is 2.27. The molecular formula is C24H25ClN2O5. The van der Waals surface area contributed by atoms with Crippen LogP contribution in [0.25, 0.3) is 11.0 Å². The minimum absolute atomic E-state index is 0.148. The van der Waals surface area contributed by atoms with Crippen LogP contribution in [0.4, 0.5) is 5.69 Å². The molecular weight excluding hydrogens is 432 g/mol. The quantitative estimate of drug-likeness (QED) is 0.523. The molecule has 0 unspecified atom stereocenters. The number of morpholine rings is 1. The third kappa shape index (κ3) is 5.06. The Bertz CT molecular complexity index is 1120. The number of anilines is 1. The van der Waals surface area contributed by atoms with Crippen molar-refractivity contribution in [2.45, 2.75) is 19.8 Å². The smallest absolute Gasteiger partial charge is 0.291 e. The average Bonchev–Trinajstić information content (AvgIpc) is 3.16. The molecule has 3 aromatic rings. The van der Waals surface area contributed by atoms with Crippen LogP contribution >= 0.6 is 11.6 Å². The summed E-state index contributed by atoms with van der Waals surface area (Å²) in [5, 5.41) is 4.24. The highest BCUT2D eigenvalue weighted by atomic mass is 35.5. The van der Waals surface area contributed by atoms with Crippen molar-refractivity contribution in [3.63, 3.8) is 0 Å². The molecule has 7 nitrogen and oxygen atoms in total. The number of nitrogens with one attached hydrogen (secondary N) is 1. The summed E-state index contributed by atoms with van der Waals surface area (Å²) in [7, 11) is 0. The zero-order chi connectivity index (χ0) is 22.5. The van der Waals surface area contributed by atoms with E-state index in [0.29, 0.717) is 61.0 Å². The normalized spacial score (nSPS) is 13.9. The fourth-order valence-corrected chi connectivity index (χ4v) is 3.85. The SMILES string of the molecule is Cc1cc(Cl)ccc1OCCCC(=O)Nc1c(C(=O)N2CCOCC2)oc2ccccc12. The van der Waals surface area contributed by atoms with Crippen molar-refractivity contribution in [2.24, 2.45) is 0 Å². The number of nitrogens with zero attached hydrogens (tertiary/aromatic N) is 1. The first kappa shape index (κ1) is 22.2. The predicted octanol–water partition coefficient (Wildman–Crippen LogP) is 4.66. The van der Waals surface area contributed by atoms with Gasteiger partial charge in [0.1, 0.15) is 17.0 Å². The monoisotopic (exact) mass is 456 g/mol. The average molecular weight is 457 g/mol. The van der Waals surface area contributed by atoms with E-state index in [9.17, 15) is 9.59 Å². The molecule has 2 heterocycles. The van der Waals surface area contributed by atoms with Crippen LogP contribution in [-0.2, 0) is 9.53 Å². The van der Waals surface area contributed by atoms with Gasteiger partial charge in [0.25, 0.3) is 5.91 Å². The van der Waals surface area contributed by atoms with Crippen molar-refractivity contribution in [1.82, 2.24) is 4.90 Å². The lowest BCUT2D eigenvalue weighted by Crippen LogP contribution is -2.40. The summed E-state index contributed by atoms with van der Waals surface area (Å²) >= 11 is 5.96. The second-order valence-corrected chi connectivity index (χ2v) is 8.05. The molecule has 1 aliphatic rings. The van der Waals surface area contributed by atoms with E-state index in [1.165, 1.54) is 0 Å². The molecule has 0 spiro atoms. The van der Waals surface area contributed by atoms with E-state index in [-0.39, 0.29) is 24.0 Å². The Morgan fingerprint density at radius 1 is 1.16 bits per heavy atom. The maximum absolute atomic E-state index is 13.0. The van der Waals surface area contributed by atoms with Crippen LogP contribution in [0, 0.1) is 6.92 Å². The van der Waals surface area contributed by atoms with Gasteiger partial charge in [0, 0.05) is 29.9 Å². The van der Waals surface area contributed by atoms with Gasteiger partial charge >= 0.3 is 0 Å². The number of fused-ring (bicyclic) bond motifs is 1. The zero-order valence-electron chi connectivity index (χ0n) is 17.9. The van der Waals surface area contributed by atoms with Gasteiger partial charge in [-0.2, -0.15) is 0 Å². The highest BCUT2D eigenvalue weighted by Crippen LogP contribution is 2.32. The van der Waals surface area contributed by atoms with E-state index >= 15 is 0 Å².